The van der Waals surface area contributed by atoms with Crippen molar-refractivity contribution >= 4 is 11.6 Å². The third kappa shape index (κ3) is 2.92. The van der Waals surface area contributed by atoms with Crippen LogP contribution >= 0.6 is 11.6 Å². The number of aliphatic hydroxyl groups excluding tert-OH is 1. The molecule has 1 aromatic rings. The second-order valence-corrected chi connectivity index (χ2v) is 5.48. The number of ether oxygens (including phenoxy) is 3. The van der Waals surface area contributed by atoms with Crippen molar-refractivity contribution in [1.82, 2.24) is 4.90 Å². The highest BCUT2D eigenvalue weighted by atomic mass is 35.5. The normalized spacial score (nSPS) is 23.2. The van der Waals surface area contributed by atoms with Crippen molar-refractivity contribution in [2.24, 2.45) is 0 Å². The van der Waals surface area contributed by atoms with Crippen LogP contribution < -0.4 is 4.74 Å². The fraction of sp³-hybridized carbons (Fsp3) is 0.571. The molecule has 0 aromatic heterocycles. The molecular formula is C14H18ClNO4. The Balaban J connectivity index is 1.84. The van der Waals surface area contributed by atoms with Gasteiger partial charge < -0.3 is 19.3 Å². The summed E-state index contributed by atoms with van der Waals surface area (Å²) in [5, 5.41) is 10.1. The summed E-state index contributed by atoms with van der Waals surface area (Å²) in [5.41, 5.74) is 2.02. The summed E-state index contributed by atoms with van der Waals surface area (Å²) in [4.78, 5) is 2.20. The van der Waals surface area contributed by atoms with Crippen LogP contribution in [0.3, 0.4) is 0 Å². The van der Waals surface area contributed by atoms with Crippen molar-refractivity contribution in [3.05, 3.63) is 28.3 Å². The summed E-state index contributed by atoms with van der Waals surface area (Å²) in [6.07, 6.45) is 0. The summed E-state index contributed by atoms with van der Waals surface area (Å²) < 4.78 is 16.3. The van der Waals surface area contributed by atoms with Crippen LogP contribution in [0.2, 0.25) is 5.02 Å². The lowest BCUT2D eigenvalue weighted by atomic mass is 10.1. The molecule has 1 aromatic carbocycles. The number of fused-ring (bicyclic) bond motifs is 1. The van der Waals surface area contributed by atoms with Gasteiger partial charge in [0.05, 0.1) is 32.5 Å². The Morgan fingerprint density at radius 1 is 1.35 bits per heavy atom. The summed E-state index contributed by atoms with van der Waals surface area (Å²) >= 11 is 6.17. The van der Waals surface area contributed by atoms with Crippen LogP contribution in [-0.4, -0.2) is 49.2 Å². The van der Waals surface area contributed by atoms with Crippen LogP contribution in [0.25, 0.3) is 0 Å². The molecule has 0 aliphatic carbocycles. The third-order valence-corrected chi connectivity index (χ3v) is 3.90. The molecule has 0 saturated carbocycles. The van der Waals surface area contributed by atoms with Crippen LogP contribution in [0, 0.1) is 0 Å². The van der Waals surface area contributed by atoms with Gasteiger partial charge in [0.1, 0.15) is 5.75 Å². The van der Waals surface area contributed by atoms with E-state index in [9.17, 15) is 5.11 Å². The third-order valence-electron chi connectivity index (χ3n) is 3.69. The highest BCUT2D eigenvalue weighted by Gasteiger charge is 2.25. The van der Waals surface area contributed by atoms with Gasteiger partial charge in [-0.3, -0.25) is 4.90 Å². The maximum absolute atomic E-state index is 9.43. The van der Waals surface area contributed by atoms with E-state index in [0.29, 0.717) is 31.4 Å². The number of morpholine rings is 1. The fourth-order valence-electron chi connectivity index (χ4n) is 2.66. The van der Waals surface area contributed by atoms with Gasteiger partial charge in [-0.05, 0) is 12.1 Å². The van der Waals surface area contributed by atoms with E-state index in [4.69, 9.17) is 25.8 Å². The Labute approximate surface area is 123 Å². The van der Waals surface area contributed by atoms with Gasteiger partial charge in [0.15, 0.2) is 6.79 Å². The van der Waals surface area contributed by atoms with E-state index in [0.717, 1.165) is 23.4 Å². The minimum Gasteiger partial charge on any atom is -0.467 e. The Bertz CT molecular complexity index is 482. The smallest absolute Gasteiger partial charge is 0.189 e. The van der Waals surface area contributed by atoms with Crippen molar-refractivity contribution in [1.29, 1.82) is 0 Å². The molecule has 0 amide bonds. The molecule has 20 heavy (non-hydrogen) atoms. The largest absolute Gasteiger partial charge is 0.467 e. The molecule has 5 nitrogen and oxygen atoms in total. The Hall–Kier alpha value is -0.850. The molecule has 2 aliphatic heterocycles. The van der Waals surface area contributed by atoms with E-state index in [1.165, 1.54) is 0 Å². The van der Waals surface area contributed by atoms with Gasteiger partial charge in [-0.15, -0.1) is 0 Å². The topological polar surface area (TPSA) is 51.2 Å². The van der Waals surface area contributed by atoms with E-state index in [1.807, 2.05) is 12.1 Å². The number of rotatable bonds is 3. The van der Waals surface area contributed by atoms with Gasteiger partial charge in [0.25, 0.3) is 0 Å². The summed E-state index contributed by atoms with van der Waals surface area (Å²) in [7, 11) is 0. The predicted octanol–water partition coefficient (Wildman–Crippen LogP) is 1.40. The van der Waals surface area contributed by atoms with Crippen molar-refractivity contribution < 1.29 is 19.3 Å². The average Bonchev–Trinajstić information content (AvgIpc) is 2.47. The van der Waals surface area contributed by atoms with Crippen molar-refractivity contribution in [3.63, 3.8) is 0 Å². The number of nitrogens with zero attached hydrogens (tertiary/aromatic N) is 1. The summed E-state index contributed by atoms with van der Waals surface area (Å²) in [6, 6.07) is 3.83. The molecular weight excluding hydrogens is 282 g/mol. The first-order valence-electron chi connectivity index (χ1n) is 6.72. The Kier molecular flexibility index (Phi) is 4.43. The number of aliphatic hydroxyl groups is 1. The number of halogens is 1. The molecule has 1 atom stereocenters. The van der Waals surface area contributed by atoms with E-state index in [-0.39, 0.29) is 19.4 Å². The highest BCUT2D eigenvalue weighted by Crippen LogP contribution is 2.32. The van der Waals surface area contributed by atoms with E-state index < -0.39 is 0 Å². The first-order valence-corrected chi connectivity index (χ1v) is 7.10. The maximum Gasteiger partial charge on any atom is 0.189 e. The maximum atomic E-state index is 9.43. The first kappa shape index (κ1) is 14.1. The van der Waals surface area contributed by atoms with Gasteiger partial charge in [0, 0.05) is 29.2 Å². The van der Waals surface area contributed by atoms with Crippen molar-refractivity contribution in [3.8, 4) is 5.75 Å². The molecule has 1 saturated heterocycles. The van der Waals surface area contributed by atoms with Gasteiger partial charge in [-0.2, -0.15) is 0 Å². The standard InChI is InChI=1S/C14H18ClNO4/c15-12-3-10(14-11(4-12)7-19-9-20-14)5-16-1-2-18-8-13(16)6-17/h3-4,13,17H,1-2,5-9H2. The van der Waals surface area contributed by atoms with Gasteiger partial charge in [-0.25, -0.2) is 0 Å². The highest BCUT2D eigenvalue weighted by molar-refractivity contribution is 6.30. The quantitative estimate of drug-likeness (QED) is 0.914. The van der Waals surface area contributed by atoms with Gasteiger partial charge >= 0.3 is 0 Å². The lowest BCUT2D eigenvalue weighted by Crippen LogP contribution is -2.46. The fourth-order valence-corrected chi connectivity index (χ4v) is 2.92. The van der Waals surface area contributed by atoms with Gasteiger partial charge in [-0.1, -0.05) is 11.6 Å². The number of hydrogen-bond donors (Lipinski definition) is 1. The minimum absolute atomic E-state index is 0.0261. The zero-order chi connectivity index (χ0) is 13.9. The van der Waals surface area contributed by atoms with E-state index >= 15 is 0 Å². The lowest BCUT2D eigenvalue weighted by molar-refractivity contribution is -0.0347. The molecule has 1 unspecified atom stereocenters. The molecule has 6 heteroatoms. The van der Waals surface area contributed by atoms with E-state index in [2.05, 4.69) is 4.90 Å². The minimum atomic E-state index is 0.0261. The number of benzene rings is 1. The molecule has 2 heterocycles. The first-order chi connectivity index (χ1) is 9.78. The van der Waals surface area contributed by atoms with Crippen LogP contribution in [0.4, 0.5) is 0 Å². The Morgan fingerprint density at radius 2 is 2.25 bits per heavy atom. The monoisotopic (exact) mass is 299 g/mol. The van der Waals surface area contributed by atoms with Crippen LogP contribution in [0.5, 0.6) is 5.75 Å². The summed E-state index contributed by atoms with van der Waals surface area (Å²) in [6.45, 7) is 3.61. The molecule has 110 valence electrons. The van der Waals surface area contributed by atoms with Crippen molar-refractivity contribution in [2.75, 3.05) is 33.2 Å². The summed E-state index contributed by atoms with van der Waals surface area (Å²) in [5.74, 6) is 0.865. The molecule has 0 radical (unpaired) electrons. The van der Waals surface area contributed by atoms with Gasteiger partial charge in [0.2, 0.25) is 0 Å². The second-order valence-electron chi connectivity index (χ2n) is 5.05. The Morgan fingerprint density at radius 3 is 3.10 bits per heavy atom. The molecule has 0 spiro atoms. The van der Waals surface area contributed by atoms with Crippen LogP contribution in [0.1, 0.15) is 11.1 Å². The van der Waals surface area contributed by atoms with Crippen LogP contribution in [-0.2, 0) is 22.6 Å². The average molecular weight is 300 g/mol. The van der Waals surface area contributed by atoms with Crippen molar-refractivity contribution in [2.45, 2.75) is 19.2 Å². The molecule has 1 fully saturated rings. The lowest BCUT2D eigenvalue weighted by Gasteiger charge is -2.35. The second kappa shape index (κ2) is 6.28. The van der Waals surface area contributed by atoms with E-state index in [1.54, 1.807) is 0 Å². The zero-order valence-electron chi connectivity index (χ0n) is 11.2. The van der Waals surface area contributed by atoms with Crippen LogP contribution in [0.15, 0.2) is 12.1 Å². The SMILES string of the molecule is OCC1COCCN1Cc1cc(Cl)cc2c1OCOC2. The number of hydrogen-bond acceptors (Lipinski definition) is 5. The molecule has 2 aliphatic rings. The molecule has 3 rings (SSSR count). The predicted molar refractivity (Wildman–Crippen MR) is 73.8 cm³/mol. The molecule has 1 N–H and O–H groups in total. The zero-order valence-corrected chi connectivity index (χ0v) is 11.9. The molecule has 0 bridgehead atoms.